The number of carbonyl (C=O) groups excluding carboxylic acids is 1. The second-order valence-electron chi connectivity index (χ2n) is 4.85. The molecule has 2 unspecified atom stereocenters. The van der Waals surface area contributed by atoms with Crippen molar-refractivity contribution in [2.75, 3.05) is 0 Å². The number of rotatable bonds is 6. The van der Waals surface area contributed by atoms with Crippen molar-refractivity contribution in [2.45, 2.75) is 39.0 Å². The molecule has 2 atom stereocenters. The number of hydrogen-bond acceptors (Lipinski definition) is 5. The maximum Gasteiger partial charge on any atom is 0.315 e. The molecule has 114 valence electrons. The second kappa shape index (κ2) is 7.24. The van der Waals surface area contributed by atoms with Crippen LogP contribution in [0.15, 0.2) is 28.3 Å². The van der Waals surface area contributed by atoms with Crippen LogP contribution in [0.3, 0.4) is 0 Å². The Labute approximate surface area is 127 Å². The van der Waals surface area contributed by atoms with Crippen molar-refractivity contribution in [2.24, 2.45) is 0 Å². The molecule has 2 rings (SSSR count). The summed E-state index contributed by atoms with van der Waals surface area (Å²) in [5.74, 6) is 0.691. The number of oxazole rings is 1. The fourth-order valence-electron chi connectivity index (χ4n) is 1.93. The molecule has 2 amide bonds. The van der Waals surface area contributed by atoms with Gasteiger partial charge in [0.1, 0.15) is 11.5 Å². The predicted molar refractivity (Wildman–Crippen MR) is 80.0 cm³/mol. The van der Waals surface area contributed by atoms with Crippen molar-refractivity contribution in [3.05, 3.63) is 40.2 Å². The van der Waals surface area contributed by atoms with Gasteiger partial charge in [-0.25, -0.2) is 9.78 Å². The summed E-state index contributed by atoms with van der Waals surface area (Å²) in [6.07, 6.45) is 1.26. The Balaban J connectivity index is 1.73. The predicted octanol–water partition coefficient (Wildman–Crippen LogP) is 2.36. The van der Waals surface area contributed by atoms with Crippen LogP contribution in [0, 0.1) is 6.92 Å². The summed E-state index contributed by atoms with van der Waals surface area (Å²) in [6.45, 7) is 3.97. The summed E-state index contributed by atoms with van der Waals surface area (Å²) >= 11 is 1.51. The Bertz CT molecular complexity index is 568. The third-order valence-corrected chi connectivity index (χ3v) is 4.06. The van der Waals surface area contributed by atoms with Crippen LogP contribution in [0.1, 0.15) is 35.8 Å². The van der Waals surface area contributed by atoms with Crippen LogP contribution in [0.2, 0.25) is 0 Å². The van der Waals surface area contributed by atoms with E-state index in [4.69, 9.17) is 4.42 Å². The molecule has 0 radical (unpaired) electrons. The molecule has 0 aliphatic carbocycles. The van der Waals surface area contributed by atoms with Gasteiger partial charge in [0.25, 0.3) is 0 Å². The van der Waals surface area contributed by atoms with E-state index in [1.807, 2.05) is 24.4 Å². The Morgan fingerprint density at radius 1 is 1.57 bits per heavy atom. The van der Waals surface area contributed by atoms with Gasteiger partial charge in [-0.05, 0) is 31.7 Å². The van der Waals surface area contributed by atoms with Crippen LogP contribution >= 0.6 is 11.3 Å². The average Bonchev–Trinajstić information content (AvgIpc) is 3.07. The molecule has 7 heteroatoms. The third-order valence-electron chi connectivity index (χ3n) is 3.09. The molecule has 0 spiro atoms. The standard InChI is InChI=1S/C14H19N3O3S/c1-9(6-12(18)13-4-3-5-21-13)17-14(19)15-7-11-10(2)20-8-16-11/h3-5,8-9,12,18H,6-7H2,1-2H3,(H2,15,17,19). The summed E-state index contributed by atoms with van der Waals surface area (Å²) in [5, 5.41) is 17.4. The first-order valence-electron chi connectivity index (χ1n) is 6.71. The van der Waals surface area contributed by atoms with Gasteiger partial charge in [0.05, 0.1) is 12.6 Å². The van der Waals surface area contributed by atoms with Gasteiger partial charge >= 0.3 is 6.03 Å². The average molecular weight is 309 g/mol. The lowest BCUT2D eigenvalue weighted by atomic mass is 10.1. The molecule has 2 aromatic heterocycles. The van der Waals surface area contributed by atoms with Crippen LogP contribution in [0.25, 0.3) is 0 Å². The second-order valence-corrected chi connectivity index (χ2v) is 5.83. The van der Waals surface area contributed by atoms with Gasteiger partial charge in [-0.3, -0.25) is 0 Å². The highest BCUT2D eigenvalue weighted by Crippen LogP contribution is 2.22. The lowest BCUT2D eigenvalue weighted by molar-refractivity contribution is 0.158. The van der Waals surface area contributed by atoms with Crippen molar-refractivity contribution in [1.29, 1.82) is 0 Å². The van der Waals surface area contributed by atoms with Crippen molar-refractivity contribution >= 4 is 17.4 Å². The fourth-order valence-corrected chi connectivity index (χ4v) is 2.65. The summed E-state index contributed by atoms with van der Waals surface area (Å²) < 4.78 is 5.06. The van der Waals surface area contributed by atoms with Crippen molar-refractivity contribution in [3.8, 4) is 0 Å². The summed E-state index contributed by atoms with van der Waals surface area (Å²) in [7, 11) is 0. The lowest BCUT2D eigenvalue weighted by Gasteiger charge is -2.17. The number of aromatic nitrogens is 1. The topological polar surface area (TPSA) is 87.4 Å². The first-order valence-corrected chi connectivity index (χ1v) is 7.59. The molecular formula is C14H19N3O3S. The normalized spacial score (nSPS) is 13.7. The molecule has 21 heavy (non-hydrogen) atoms. The quantitative estimate of drug-likeness (QED) is 0.764. The Morgan fingerprint density at radius 2 is 2.38 bits per heavy atom. The first-order chi connectivity index (χ1) is 10.1. The molecule has 6 nitrogen and oxygen atoms in total. The molecule has 2 aromatic rings. The number of carbonyl (C=O) groups is 1. The van der Waals surface area contributed by atoms with E-state index in [1.165, 1.54) is 17.7 Å². The largest absolute Gasteiger partial charge is 0.448 e. The number of thiophene rings is 1. The number of hydrogen-bond donors (Lipinski definition) is 3. The van der Waals surface area contributed by atoms with Crippen LogP contribution in [-0.2, 0) is 6.54 Å². The third kappa shape index (κ3) is 4.57. The molecule has 0 aromatic carbocycles. The van der Waals surface area contributed by atoms with Crippen LogP contribution in [0.4, 0.5) is 4.79 Å². The van der Waals surface area contributed by atoms with Crippen LogP contribution < -0.4 is 10.6 Å². The highest BCUT2D eigenvalue weighted by atomic mass is 32.1. The van der Waals surface area contributed by atoms with Gasteiger partial charge in [-0.2, -0.15) is 0 Å². The number of aliphatic hydroxyl groups is 1. The molecule has 3 N–H and O–H groups in total. The zero-order valence-electron chi connectivity index (χ0n) is 12.0. The number of aliphatic hydroxyl groups excluding tert-OH is 1. The molecule has 2 heterocycles. The molecule has 0 fully saturated rings. The molecule has 0 bridgehead atoms. The Kier molecular flexibility index (Phi) is 5.35. The van der Waals surface area contributed by atoms with Gasteiger partial charge < -0.3 is 20.2 Å². The zero-order valence-corrected chi connectivity index (χ0v) is 12.8. The van der Waals surface area contributed by atoms with E-state index < -0.39 is 6.10 Å². The van der Waals surface area contributed by atoms with E-state index in [1.54, 1.807) is 6.92 Å². The smallest absolute Gasteiger partial charge is 0.315 e. The fraction of sp³-hybridized carbons (Fsp3) is 0.429. The Hall–Kier alpha value is -1.86. The summed E-state index contributed by atoms with van der Waals surface area (Å²) in [5.41, 5.74) is 0.705. The highest BCUT2D eigenvalue weighted by Gasteiger charge is 2.15. The summed E-state index contributed by atoms with van der Waals surface area (Å²) in [4.78, 5) is 16.7. The van der Waals surface area contributed by atoms with E-state index in [0.717, 1.165) is 4.88 Å². The maximum absolute atomic E-state index is 11.8. The number of aryl methyl sites for hydroxylation is 1. The van der Waals surface area contributed by atoms with Gasteiger partial charge in [0.15, 0.2) is 6.39 Å². The van der Waals surface area contributed by atoms with E-state index >= 15 is 0 Å². The van der Waals surface area contributed by atoms with E-state index in [9.17, 15) is 9.90 Å². The SMILES string of the molecule is Cc1ocnc1CNC(=O)NC(C)CC(O)c1cccs1. The van der Waals surface area contributed by atoms with Gasteiger partial charge in [-0.1, -0.05) is 6.07 Å². The molecular weight excluding hydrogens is 290 g/mol. The van der Waals surface area contributed by atoms with Gasteiger partial charge in [0.2, 0.25) is 0 Å². The number of urea groups is 1. The first kappa shape index (κ1) is 15.5. The number of amides is 2. The number of nitrogens with one attached hydrogen (secondary N) is 2. The molecule has 0 saturated carbocycles. The van der Waals surface area contributed by atoms with E-state index in [-0.39, 0.29) is 12.1 Å². The van der Waals surface area contributed by atoms with E-state index in [0.29, 0.717) is 24.4 Å². The minimum absolute atomic E-state index is 0.138. The molecule has 0 saturated heterocycles. The molecule has 0 aliphatic rings. The Morgan fingerprint density at radius 3 is 3.00 bits per heavy atom. The van der Waals surface area contributed by atoms with Gasteiger partial charge in [-0.15, -0.1) is 11.3 Å². The molecule has 0 aliphatic heterocycles. The zero-order chi connectivity index (χ0) is 15.2. The number of nitrogens with zero attached hydrogens (tertiary/aromatic N) is 1. The van der Waals surface area contributed by atoms with Crippen molar-refractivity contribution in [3.63, 3.8) is 0 Å². The van der Waals surface area contributed by atoms with Gasteiger partial charge in [0, 0.05) is 10.9 Å². The summed E-state index contributed by atoms with van der Waals surface area (Å²) in [6, 6.07) is 3.35. The van der Waals surface area contributed by atoms with E-state index in [2.05, 4.69) is 15.6 Å². The minimum atomic E-state index is -0.557. The monoisotopic (exact) mass is 309 g/mol. The van der Waals surface area contributed by atoms with Crippen LogP contribution in [-0.4, -0.2) is 22.2 Å². The maximum atomic E-state index is 11.8. The van der Waals surface area contributed by atoms with Crippen molar-refractivity contribution in [1.82, 2.24) is 15.6 Å². The van der Waals surface area contributed by atoms with Crippen molar-refractivity contribution < 1.29 is 14.3 Å². The minimum Gasteiger partial charge on any atom is -0.448 e. The lowest BCUT2D eigenvalue weighted by Crippen LogP contribution is -2.41. The van der Waals surface area contributed by atoms with Crippen LogP contribution in [0.5, 0.6) is 0 Å². The highest BCUT2D eigenvalue weighted by molar-refractivity contribution is 7.10.